The molecule has 1 rings (SSSR count). The van der Waals surface area contributed by atoms with E-state index < -0.39 is 5.82 Å². The van der Waals surface area contributed by atoms with Crippen molar-refractivity contribution in [2.24, 2.45) is 0 Å². The highest BCUT2D eigenvalue weighted by molar-refractivity contribution is 6.47. The molecule has 1 aromatic carbocycles. The van der Waals surface area contributed by atoms with Crippen LogP contribution in [0.5, 0.6) is 0 Å². The molecule has 0 aliphatic heterocycles. The Kier molecular flexibility index (Phi) is 2.38. The first kappa shape index (κ1) is 7.95. The average molecular weight is 151 g/mol. The average Bonchev–Trinajstić information content (AvgIpc) is 2.04. The predicted octanol–water partition coefficient (Wildman–Crippen LogP) is -0.125. The molecule has 0 aromatic heterocycles. The van der Waals surface area contributed by atoms with Crippen molar-refractivity contribution in [3.05, 3.63) is 29.6 Å². The van der Waals surface area contributed by atoms with Crippen LogP contribution in [-0.2, 0) is 0 Å². The van der Waals surface area contributed by atoms with Crippen LogP contribution in [0.4, 0.5) is 4.39 Å². The quantitative estimate of drug-likeness (QED) is 0.472. The van der Waals surface area contributed by atoms with Crippen LogP contribution in [0.1, 0.15) is 10.4 Å². The topological polar surface area (TPSA) is 37.3 Å². The van der Waals surface area contributed by atoms with Crippen molar-refractivity contribution >= 4 is 19.2 Å². The molecule has 0 aliphatic carbocycles. The zero-order chi connectivity index (χ0) is 8.27. The second-order valence-corrected chi connectivity index (χ2v) is 2.02. The van der Waals surface area contributed by atoms with Crippen molar-refractivity contribution in [1.29, 1.82) is 0 Å². The van der Waals surface area contributed by atoms with E-state index in [0.717, 1.165) is 12.1 Å². The lowest BCUT2D eigenvalue weighted by molar-refractivity contribution is 0.112. The molecule has 0 unspecified atom stereocenters. The molecule has 55 valence electrons. The Labute approximate surface area is 63.9 Å². The summed E-state index contributed by atoms with van der Waals surface area (Å²) in [5.74, 6) is -0.476. The molecule has 1 aromatic rings. The number of rotatable bonds is 2. The van der Waals surface area contributed by atoms with Crippen molar-refractivity contribution < 1.29 is 14.2 Å². The lowest BCUT2D eigenvalue weighted by Gasteiger charge is -1.97. The number of carbonyl (C=O) groups is 1. The maximum absolute atomic E-state index is 12.4. The van der Waals surface area contributed by atoms with Crippen molar-refractivity contribution in [3.8, 4) is 0 Å². The lowest BCUT2D eigenvalue weighted by Crippen LogP contribution is -2.19. The van der Waals surface area contributed by atoms with Gasteiger partial charge in [-0.1, -0.05) is 0 Å². The summed E-state index contributed by atoms with van der Waals surface area (Å²) >= 11 is 0. The second-order valence-electron chi connectivity index (χ2n) is 2.02. The van der Waals surface area contributed by atoms with Crippen LogP contribution in [0.3, 0.4) is 0 Å². The highest BCUT2D eigenvalue weighted by Gasteiger charge is 2.02. The van der Waals surface area contributed by atoms with Gasteiger partial charge in [-0.2, -0.15) is 0 Å². The lowest BCUT2D eigenvalue weighted by atomic mass is 9.85. The van der Waals surface area contributed by atoms with Crippen LogP contribution in [0, 0.1) is 5.82 Å². The van der Waals surface area contributed by atoms with Crippen LogP contribution < -0.4 is 5.46 Å². The van der Waals surface area contributed by atoms with Gasteiger partial charge in [0.05, 0.1) is 0 Å². The molecule has 2 nitrogen and oxygen atoms in total. The van der Waals surface area contributed by atoms with Crippen LogP contribution in [0.15, 0.2) is 18.2 Å². The standard InChI is InChI=1S/C7H5BFO2/c9-6-2-1-5(4-10)7(3-6)8-11/h1-4,11H. The SMILES string of the molecule is O=Cc1ccc(F)cc1[B]O. The van der Waals surface area contributed by atoms with E-state index in [1.165, 1.54) is 6.07 Å². The fourth-order valence-corrected chi connectivity index (χ4v) is 0.765. The fraction of sp³-hybridized carbons (Fsp3) is 0. The molecule has 1 N–H and O–H groups in total. The predicted molar refractivity (Wildman–Crippen MR) is 39.4 cm³/mol. The summed E-state index contributed by atoms with van der Waals surface area (Å²) in [5, 5.41) is 8.52. The molecule has 0 saturated carbocycles. The molecule has 0 amide bonds. The first-order chi connectivity index (χ1) is 5.27. The summed E-state index contributed by atoms with van der Waals surface area (Å²) in [6, 6.07) is 3.56. The first-order valence-corrected chi connectivity index (χ1v) is 3.00. The molecular formula is C7H5BFO2. The molecule has 0 saturated heterocycles. The minimum atomic E-state index is -0.476. The fourth-order valence-electron chi connectivity index (χ4n) is 0.765. The Bertz CT molecular complexity index is 275. The minimum Gasteiger partial charge on any atom is -0.450 e. The Morgan fingerprint density at radius 3 is 2.82 bits per heavy atom. The number of aldehydes is 1. The van der Waals surface area contributed by atoms with Gasteiger partial charge in [-0.25, -0.2) is 4.39 Å². The van der Waals surface area contributed by atoms with E-state index >= 15 is 0 Å². The van der Waals surface area contributed by atoms with E-state index in [4.69, 9.17) is 5.02 Å². The van der Waals surface area contributed by atoms with Crippen molar-refractivity contribution in [2.75, 3.05) is 0 Å². The van der Waals surface area contributed by atoms with E-state index in [1.807, 2.05) is 0 Å². The highest BCUT2D eigenvalue weighted by atomic mass is 19.1. The van der Waals surface area contributed by atoms with Crippen LogP contribution in [0.25, 0.3) is 0 Å². The zero-order valence-corrected chi connectivity index (χ0v) is 5.62. The number of benzene rings is 1. The Morgan fingerprint density at radius 2 is 2.27 bits per heavy atom. The molecule has 0 atom stereocenters. The third-order valence-electron chi connectivity index (χ3n) is 1.31. The highest BCUT2D eigenvalue weighted by Crippen LogP contribution is 1.96. The van der Waals surface area contributed by atoms with Crippen molar-refractivity contribution in [3.63, 3.8) is 0 Å². The van der Waals surface area contributed by atoms with E-state index in [0.29, 0.717) is 13.8 Å². The van der Waals surface area contributed by atoms with E-state index in [1.54, 1.807) is 0 Å². The monoisotopic (exact) mass is 151 g/mol. The third-order valence-corrected chi connectivity index (χ3v) is 1.31. The van der Waals surface area contributed by atoms with Crippen LogP contribution >= 0.6 is 0 Å². The molecule has 11 heavy (non-hydrogen) atoms. The smallest absolute Gasteiger partial charge is 0.327 e. The van der Waals surface area contributed by atoms with Gasteiger partial charge in [-0.05, 0) is 23.7 Å². The van der Waals surface area contributed by atoms with Crippen LogP contribution in [-0.4, -0.2) is 18.8 Å². The number of halogens is 1. The Hall–Kier alpha value is -1.16. The van der Waals surface area contributed by atoms with Gasteiger partial charge in [0.15, 0.2) is 0 Å². The van der Waals surface area contributed by atoms with E-state index in [9.17, 15) is 9.18 Å². The van der Waals surface area contributed by atoms with Gasteiger partial charge in [0, 0.05) is 5.56 Å². The minimum absolute atomic E-state index is 0.194. The maximum atomic E-state index is 12.4. The van der Waals surface area contributed by atoms with Crippen molar-refractivity contribution in [2.45, 2.75) is 0 Å². The van der Waals surface area contributed by atoms with Crippen molar-refractivity contribution in [1.82, 2.24) is 0 Å². The molecule has 0 fully saturated rings. The largest absolute Gasteiger partial charge is 0.450 e. The van der Waals surface area contributed by atoms with Gasteiger partial charge < -0.3 is 5.02 Å². The molecule has 0 bridgehead atoms. The summed E-state index contributed by atoms with van der Waals surface area (Å²) in [5.41, 5.74) is 0.467. The molecule has 4 heteroatoms. The number of hydrogen-bond donors (Lipinski definition) is 1. The molecule has 1 radical (unpaired) electrons. The summed E-state index contributed by atoms with van der Waals surface area (Å²) in [4.78, 5) is 10.2. The van der Waals surface area contributed by atoms with Gasteiger partial charge >= 0.3 is 7.48 Å². The van der Waals surface area contributed by atoms with Gasteiger partial charge in [-0.3, -0.25) is 4.79 Å². The van der Waals surface area contributed by atoms with E-state index in [-0.39, 0.29) is 11.0 Å². The van der Waals surface area contributed by atoms with Crippen LogP contribution in [0.2, 0.25) is 0 Å². The first-order valence-electron chi connectivity index (χ1n) is 3.00. The van der Waals surface area contributed by atoms with E-state index in [2.05, 4.69) is 0 Å². The number of carbonyl (C=O) groups excluding carboxylic acids is 1. The second kappa shape index (κ2) is 3.30. The summed E-state index contributed by atoms with van der Waals surface area (Å²) < 4.78 is 12.4. The third kappa shape index (κ3) is 1.65. The van der Waals surface area contributed by atoms with Gasteiger partial charge in [-0.15, -0.1) is 0 Å². The molecule has 0 spiro atoms. The molecule has 0 aliphatic rings. The Morgan fingerprint density at radius 1 is 1.55 bits per heavy atom. The van der Waals surface area contributed by atoms with Gasteiger partial charge in [0.2, 0.25) is 0 Å². The van der Waals surface area contributed by atoms with Gasteiger partial charge in [0.25, 0.3) is 0 Å². The Balaban J connectivity index is 3.16. The molecule has 0 heterocycles. The summed E-state index contributed by atoms with van der Waals surface area (Å²) in [6.07, 6.45) is 0.557. The summed E-state index contributed by atoms with van der Waals surface area (Å²) in [7, 11) is 0.701. The normalized spacial score (nSPS) is 9.27. The zero-order valence-electron chi connectivity index (χ0n) is 5.62. The van der Waals surface area contributed by atoms with Gasteiger partial charge in [0.1, 0.15) is 12.1 Å². The molecular weight excluding hydrogens is 146 g/mol. The summed E-state index contributed by atoms with van der Waals surface area (Å²) in [6.45, 7) is 0. The maximum Gasteiger partial charge on any atom is 0.327 e. The number of hydrogen-bond acceptors (Lipinski definition) is 2.